The Morgan fingerprint density at radius 3 is 2.12 bits per heavy atom. The van der Waals surface area contributed by atoms with E-state index in [4.69, 9.17) is 0 Å². The third kappa shape index (κ3) is 2.74. The van der Waals surface area contributed by atoms with Crippen molar-refractivity contribution in [1.82, 2.24) is 4.98 Å². The number of benzene rings is 4. The van der Waals surface area contributed by atoms with Crippen LogP contribution in [0.5, 0.6) is 0 Å². The second kappa shape index (κ2) is 6.49. The molecule has 5 aromatic rings. The van der Waals surface area contributed by atoms with Crippen LogP contribution in [0.4, 0.5) is 0 Å². The second-order valence-corrected chi connectivity index (χ2v) is 8.62. The van der Waals surface area contributed by atoms with Crippen molar-refractivity contribution in [2.75, 3.05) is 0 Å². The third-order valence-electron chi connectivity index (χ3n) is 4.68. The first-order chi connectivity index (χ1) is 12.9. The fraction of sp³-hybridized carbons (Fsp3) is 0. The molecule has 1 heterocycles. The summed E-state index contributed by atoms with van der Waals surface area (Å²) in [5.41, 5.74) is 4.92. The van der Waals surface area contributed by atoms with Crippen molar-refractivity contribution in [3.63, 3.8) is 0 Å². The van der Waals surface area contributed by atoms with Crippen LogP contribution in [0.2, 0.25) is 0 Å². The van der Waals surface area contributed by atoms with Crippen LogP contribution in [0.25, 0.3) is 41.5 Å². The Hall–Kier alpha value is -2.80. The summed E-state index contributed by atoms with van der Waals surface area (Å²) in [6.45, 7) is 0. The first-order valence-electron chi connectivity index (χ1n) is 8.71. The number of fused-ring (bicyclic) bond motifs is 4. The molecule has 2 heteroatoms. The van der Waals surface area contributed by atoms with Gasteiger partial charge >= 0.3 is 158 Å². The molecule has 1 aromatic heterocycles. The Morgan fingerprint density at radius 1 is 0.500 bits per heavy atom. The van der Waals surface area contributed by atoms with Crippen LogP contribution < -0.4 is 0 Å². The molecule has 0 aliphatic rings. The maximum atomic E-state index is 3.66. The molecule has 0 saturated heterocycles. The number of aromatic nitrogens is 1. The molecule has 4 aromatic carbocycles. The van der Waals surface area contributed by atoms with Gasteiger partial charge in [0, 0.05) is 0 Å². The molecule has 1 N–H and O–H groups in total. The molecule has 0 fully saturated rings. The summed E-state index contributed by atoms with van der Waals surface area (Å²) in [5.74, 6) is 0. The van der Waals surface area contributed by atoms with Gasteiger partial charge in [-0.05, 0) is 0 Å². The van der Waals surface area contributed by atoms with Crippen molar-refractivity contribution < 1.29 is 0 Å². The number of aromatic amines is 1. The van der Waals surface area contributed by atoms with E-state index in [1.54, 1.807) is 0 Å². The minimum absolute atomic E-state index is 0.266. The van der Waals surface area contributed by atoms with Crippen molar-refractivity contribution in [1.29, 1.82) is 0 Å². The molecule has 0 saturated carbocycles. The number of nitrogens with one attached hydrogen (secondary N) is 1. The number of hydrogen-bond donors (Lipinski definition) is 1. The number of H-pyrrole nitrogens is 1. The molecular formula is C24H17NSe. The summed E-state index contributed by atoms with van der Waals surface area (Å²) in [6.07, 6.45) is 0. The molecule has 0 radical (unpaired) electrons. The first kappa shape index (κ1) is 15.5. The fourth-order valence-electron chi connectivity index (χ4n) is 3.39. The van der Waals surface area contributed by atoms with E-state index in [1.807, 2.05) is 0 Å². The average molecular weight is 398 g/mol. The molecule has 26 heavy (non-hydrogen) atoms. The Bertz CT molecular complexity index is 1280. The van der Waals surface area contributed by atoms with Gasteiger partial charge in [0.15, 0.2) is 0 Å². The van der Waals surface area contributed by atoms with Crippen LogP contribution in [0.1, 0.15) is 0 Å². The van der Waals surface area contributed by atoms with Crippen LogP contribution in [0, 0.1) is 0 Å². The molecule has 0 atom stereocenters. The van der Waals surface area contributed by atoms with Crippen molar-refractivity contribution >= 4 is 44.8 Å². The van der Waals surface area contributed by atoms with E-state index in [9.17, 15) is 0 Å². The summed E-state index contributed by atoms with van der Waals surface area (Å²) in [4.78, 5) is 3.66. The second-order valence-electron chi connectivity index (χ2n) is 6.35. The zero-order valence-corrected chi connectivity index (χ0v) is 15.9. The van der Waals surface area contributed by atoms with Gasteiger partial charge in [0.05, 0.1) is 0 Å². The van der Waals surface area contributed by atoms with Gasteiger partial charge in [0.1, 0.15) is 0 Å². The molecule has 1 nitrogen and oxygen atoms in total. The molecule has 5 rings (SSSR count). The molecule has 0 amide bonds. The maximum absolute atomic E-state index is 3.66. The van der Waals surface area contributed by atoms with E-state index in [0.717, 1.165) is 0 Å². The summed E-state index contributed by atoms with van der Waals surface area (Å²) in [5, 5.41) is 2.61. The Kier molecular flexibility index (Phi) is 3.86. The zero-order valence-electron chi connectivity index (χ0n) is 14.1. The SMILES string of the molecule is c1ccc(-c2ccc3[se]c4ccccc4[nH]c4ccccc4c3c2)cc1. The van der Waals surface area contributed by atoms with Gasteiger partial charge in [-0.2, -0.15) is 0 Å². The normalized spacial score (nSPS) is 11.1. The molecule has 0 aliphatic carbocycles. The summed E-state index contributed by atoms with van der Waals surface area (Å²) >= 11 is 0.266. The van der Waals surface area contributed by atoms with E-state index in [-0.39, 0.29) is 14.5 Å². The van der Waals surface area contributed by atoms with Crippen LogP contribution in [0.3, 0.4) is 0 Å². The monoisotopic (exact) mass is 399 g/mol. The first-order valence-corrected chi connectivity index (χ1v) is 10.4. The average Bonchev–Trinajstić information content (AvgIpc) is 2.69. The topological polar surface area (TPSA) is 15.8 Å². The molecule has 0 unspecified atom stereocenters. The zero-order chi connectivity index (χ0) is 17.3. The molecular weight excluding hydrogens is 381 g/mol. The van der Waals surface area contributed by atoms with E-state index in [1.165, 1.54) is 41.5 Å². The van der Waals surface area contributed by atoms with Crippen molar-refractivity contribution in [2.45, 2.75) is 0 Å². The van der Waals surface area contributed by atoms with Gasteiger partial charge in [-0.25, -0.2) is 0 Å². The summed E-state index contributed by atoms with van der Waals surface area (Å²) in [7, 11) is 0. The van der Waals surface area contributed by atoms with Gasteiger partial charge in [0.2, 0.25) is 0 Å². The Balaban J connectivity index is 1.95. The van der Waals surface area contributed by atoms with Crippen molar-refractivity contribution in [2.24, 2.45) is 0 Å². The van der Waals surface area contributed by atoms with Crippen LogP contribution in [-0.2, 0) is 0 Å². The molecule has 124 valence electrons. The van der Waals surface area contributed by atoms with Crippen molar-refractivity contribution in [3.05, 3.63) is 97.1 Å². The fourth-order valence-corrected chi connectivity index (χ4v) is 5.54. The minimum atomic E-state index is 0.266. The van der Waals surface area contributed by atoms with E-state index in [2.05, 4.69) is 102 Å². The van der Waals surface area contributed by atoms with Crippen LogP contribution in [-0.4, -0.2) is 19.5 Å². The molecule has 0 bridgehead atoms. The Morgan fingerprint density at radius 2 is 1.23 bits per heavy atom. The third-order valence-corrected chi connectivity index (χ3v) is 7.10. The van der Waals surface area contributed by atoms with E-state index < -0.39 is 0 Å². The summed E-state index contributed by atoms with van der Waals surface area (Å²) in [6, 6.07) is 34.8. The summed E-state index contributed by atoms with van der Waals surface area (Å²) < 4.78 is 2.82. The van der Waals surface area contributed by atoms with Gasteiger partial charge in [-0.15, -0.1) is 0 Å². The Labute approximate surface area is 158 Å². The van der Waals surface area contributed by atoms with Gasteiger partial charge in [0.25, 0.3) is 0 Å². The number of para-hydroxylation sites is 2. The quantitative estimate of drug-likeness (QED) is 0.318. The van der Waals surface area contributed by atoms with Gasteiger partial charge in [-0.3, -0.25) is 0 Å². The van der Waals surface area contributed by atoms with Gasteiger partial charge < -0.3 is 0 Å². The van der Waals surface area contributed by atoms with Crippen LogP contribution >= 0.6 is 0 Å². The number of hydrogen-bond acceptors (Lipinski definition) is 0. The molecule has 0 aliphatic heterocycles. The van der Waals surface area contributed by atoms with E-state index >= 15 is 0 Å². The van der Waals surface area contributed by atoms with E-state index in [0.29, 0.717) is 0 Å². The van der Waals surface area contributed by atoms with Crippen LogP contribution in [0.15, 0.2) is 97.1 Å². The van der Waals surface area contributed by atoms with Gasteiger partial charge in [-0.1, -0.05) is 0 Å². The molecule has 0 spiro atoms. The number of rotatable bonds is 1. The predicted octanol–water partition coefficient (Wildman–Crippen LogP) is 6.32. The van der Waals surface area contributed by atoms with Crippen molar-refractivity contribution in [3.8, 4) is 11.1 Å². The standard InChI is InChI=1S/C24H17NSe/c1-2-8-17(9-3-1)18-14-15-23-20(16-18)19-10-4-5-11-21(19)25-22-12-6-7-13-24(22)26-23/h1-16,25H. The predicted molar refractivity (Wildman–Crippen MR) is 113 cm³/mol.